The lowest BCUT2D eigenvalue weighted by Crippen LogP contribution is -2.39. The van der Waals surface area contributed by atoms with Gasteiger partial charge in [-0.2, -0.15) is 0 Å². The summed E-state index contributed by atoms with van der Waals surface area (Å²) in [5, 5.41) is 8.22. The van der Waals surface area contributed by atoms with Crippen LogP contribution in [0.2, 0.25) is 0 Å². The fraction of sp³-hybridized carbons (Fsp3) is 0.923. The first-order valence-corrected chi connectivity index (χ1v) is 6.48. The van der Waals surface area contributed by atoms with E-state index in [0.717, 1.165) is 5.84 Å². The zero-order valence-corrected chi connectivity index (χ0v) is 10.6. The van der Waals surface area contributed by atoms with Gasteiger partial charge in [-0.1, -0.05) is 32.6 Å². The van der Waals surface area contributed by atoms with Gasteiger partial charge in [0.2, 0.25) is 0 Å². The van der Waals surface area contributed by atoms with E-state index in [2.05, 4.69) is 25.8 Å². The van der Waals surface area contributed by atoms with Crippen molar-refractivity contribution in [3.05, 3.63) is 0 Å². The first-order valence-electron chi connectivity index (χ1n) is 6.48. The summed E-state index contributed by atoms with van der Waals surface area (Å²) in [6, 6.07) is 0.532. The summed E-state index contributed by atoms with van der Waals surface area (Å²) in [5.41, 5.74) is 0. The SMILES string of the molecule is CCCC(C)N(C)C(=N)C1CCCCC1. The summed E-state index contributed by atoms with van der Waals surface area (Å²) >= 11 is 0. The van der Waals surface area contributed by atoms with Crippen molar-refractivity contribution in [1.82, 2.24) is 4.90 Å². The maximum absolute atomic E-state index is 8.22. The Morgan fingerprint density at radius 1 is 1.33 bits per heavy atom. The van der Waals surface area contributed by atoms with Gasteiger partial charge in [0.15, 0.2) is 0 Å². The molecule has 15 heavy (non-hydrogen) atoms. The van der Waals surface area contributed by atoms with Gasteiger partial charge in [-0.15, -0.1) is 0 Å². The van der Waals surface area contributed by atoms with Crippen LogP contribution in [0.1, 0.15) is 58.8 Å². The van der Waals surface area contributed by atoms with Crippen LogP contribution in [0, 0.1) is 11.3 Å². The average Bonchev–Trinajstić information content (AvgIpc) is 2.28. The highest BCUT2D eigenvalue weighted by Crippen LogP contribution is 2.26. The Kier molecular flexibility index (Phi) is 5.13. The number of nitrogens with zero attached hydrogens (tertiary/aromatic N) is 1. The fourth-order valence-electron chi connectivity index (χ4n) is 2.51. The molecule has 1 aliphatic rings. The van der Waals surface area contributed by atoms with E-state index in [1.54, 1.807) is 0 Å². The van der Waals surface area contributed by atoms with Gasteiger partial charge in [-0.05, 0) is 26.2 Å². The van der Waals surface area contributed by atoms with Crippen LogP contribution in [0.3, 0.4) is 0 Å². The third kappa shape index (κ3) is 3.51. The van der Waals surface area contributed by atoms with Gasteiger partial charge in [0, 0.05) is 19.0 Å². The monoisotopic (exact) mass is 210 g/mol. The molecule has 0 aromatic rings. The van der Waals surface area contributed by atoms with Gasteiger partial charge in [-0.3, -0.25) is 5.41 Å². The molecule has 0 aliphatic heterocycles. The summed E-state index contributed by atoms with van der Waals surface area (Å²) in [7, 11) is 2.09. The van der Waals surface area contributed by atoms with E-state index in [0.29, 0.717) is 12.0 Å². The van der Waals surface area contributed by atoms with Crippen molar-refractivity contribution < 1.29 is 0 Å². The lowest BCUT2D eigenvalue weighted by Gasteiger charge is -2.33. The summed E-state index contributed by atoms with van der Waals surface area (Å²) in [6.45, 7) is 4.45. The topological polar surface area (TPSA) is 27.1 Å². The second-order valence-electron chi connectivity index (χ2n) is 4.97. The number of rotatable bonds is 4. The standard InChI is InChI=1S/C13H26N2/c1-4-8-11(2)15(3)13(14)12-9-6-5-7-10-12/h11-12,14H,4-10H2,1-3H3. The molecule has 1 aliphatic carbocycles. The minimum Gasteiger partial charge on any atom is -0.361 e. The van der Waals surface area contributed by atoms with Crippen LogP contribution < -0.4 is 0 Å². The highest BCUT2D eigenvalue weighted by Gasteiger charge is 2.22. The second-order valence-corrected chi connectivity index (χ2v) is 4.97. The second kappa shape index (κ2) is 6.14. The number of amidine groups is 1. The molecule has 88 valence electrons. The molecule has 1 N–H and O–H groups in total. The normalized spacial score (nSPS) is 19.9. The molecule has 0 aromatic heterocycles. The van der Waals surface area contributed by atoms with Crippen molar-refractivity contribution >= 4 is 5.84 Å². The minimum atomic E-state index is 0.532. The third-order valence-corrected chi connectivity index (χ3v) is 3.74. The van der Waals surface area contributed by atoms with E-state index in [9.17, 15) is 0 Å². The average molecular weight is 210 g/mol. The molecule has 0 amide bonds. The first-order chi connectivity index (χ1) is 7.16. The Morgan fingerprint density at radius 3 is 2.47 bits per heavy atom. The summed E-state index contributed by atoms with van der Waals surface area (Å²) in [4.78, 5) is 2.19. The van der Waals surface area contributed by atoms with Crippen LogP contribution in [0.25, 0.3) is 0 Å². The number of hydrogen-bond acceptors (Lipinski definition) is 1. The summed E-state index contributed by atoms with van der Waals surface area (Å²) < 4.78 is 0. The highest BCUT2D eigenvalue weighted by molar-refractivity contribution is 5.81. The van der Waals surface area contributed by atoms with Gasteiger partial charge in [0.1, 0.15) is 0 Å². The molecule has 1 fully saturated rings. The molecule has 0 radical (unpaired) electrons. The van der Waals surface area contributed by atoms with Crippen LogP contribution in [0.4, 0.5) is 0 Å². The maximum Gasteiger partial charge on any atom is 0.0989 e. The largest absolute Gasteiger partial charge is 0.361 e. The molecule has 0 heterocycles. The van der Waals surface area contributed by atoms with Crippen LogP contribution in [0.5, 0.6) is 0 Å². The molecule has 0 aromatic carbocycles. The van der Waals surface area contributed by atoms with E-state index >= 15 is 0 Å². The van der Waals surface area contributed by atoms with Crippen molar-refractivity contribution in [3.8, 4) is 0 Å². The molecule has 2 heteroatoms. The minimum absolute atomic E-state index is 0.532. The van der Waals surface area contributed by atoms with Crippen molar-refractivity contribution in [2.75, 3.05) is 7.05 Å². The predicted molar refractivity (Wildman–Crippen MR) is 66.4 cm³/mol. The van der Waals surface area contributed by atoms with E-state index in [1.165, 1.54) is 44.9 Å². The Morgan fingerprint density at radius 2 is 1.93 bits per heavy atom. The molecule has 1 atom stereocenters. The van der Waals surface area contributed by atoms with Crippen molar-refractivity contribution in [1.29, 1.82) is 5.41 Å². The van der Waals surface area contributed by atoms with Crippen LogP contribution in [0.15, 0.2) is 0 Å². The molecule has 0 spiro atoms. The van der Waals surface area contributed by atoms with E-state index < -0.39 is 0 Å². The van der Waals surface area contributed by atoms with Gasteiger partial charge in [0.05, 0.1) is 5.84 Å². The molecule has 0 saturated heterocycles. The molecule has 1 saturated carbocycles. The van der Waals surface area contributed by atoms with Gasteiger partial charge < -0.3 is 4.90 Å². The van der Waals surface area contributed by atoms with Crippen molar-refractivity contribution in [3.63, 3.8) is 0 Å². The summed E-state index contributed by atoms with van der Waals surface area (Å²) in [6.07, 6.45) is 8.91. The fourth-order valence-corrected chi connectivity index (χ4v) is 2.51. The Bertz CT molecular complexity index is 195. The van der Waals surface area contributed by atoms with E-state index in [-0.39, 0.29) is 0 Å². The highest BCUT2D eigenvalue weighted by atomic mass is 15.2. The Labute approximate surface area is 94.6 Å². The van der Waals surface area contributed by atoms with E-state index in [1.807, 2.05) is 0 Å². The number of hydrogen-bond donors (Lipinski definition) is 1. The quantitative estimate of drug-likeness (QED) is 0.556. The first kappa shape index (κ1) is 12.5. The van der Waals surface area contributed by atoms with Gasteiger partial charge in [0.25, 0.3) is 0 Å². The van der Waals surface area contributed by atoms with Gasteiger partial charge >= 0.3 is 0 Å². The van der Waals surface area contributed by atoms with Crippen molar-refractivity contribution in [2.45, 2.75) is 64.8 Å². The molecule has 0 bridgehead atoms. The van der Waals surface area contributed by atoms with E-state index in [4.69, 9.17) is 5.41 Å². The van der Waals surface area contributed by atoms with Crippen molar-refractivity contribution in [2.24, 2.45) is 5.92 Å². The molecule has 2 nitrogen and oxygen atoms in total. The van der Waals surface area contributed by atoms with Gasteiger partial charge in [-0.25, -0.2) is 0 Å². The summed E-state index contributed by atoms with van der Waals surface area (Å²) in [5.74, 6) is 1.43. The Balaban J connectivity index is 2.43. The Hall–Kier alpha value is -0.530. The zero-order chi connectivity index (χ0) is 11.3. The zero-order valence-electron chi connectivity index (χ0n) is 10.6. The maximum atomic E-state index is 8.22. The van der Waals surface area contributed by atoms with Crippen LogP contribution in [-0.2, 0) is 0 Å². The smallest absolute Gasteiger partial charge is 0.0989 e. The predicted octanol–water partition coefficient (Wildman–Crippen LogP) is 3.66. The third-order valence-electron chi connectivity index (χ3n) is 3.74. The lowest BCUT2D eigenvalue weighted by atomic mass is 9.87. The lowest BCUT2D eigenvalue weighted by molar-refractivity contribution is 0.323. The molecular formula is C13H26N2. The molecular weight excluding hydrogens is 184 g/mol. The molecule has 1 unspecified atom stereocenters. The van der Waals surface area contributed by atoms with Crippen LogP contribution >= 0.6 is 0 Å². The number of nitrogens with one attached hydrogen (secondary N) is 1. The molecule has 1 rings (SSSR count). The van der Waals surface area contributed by atoms with Crippen LogP contribution in [-0.4, -0.2) is 23.8 Å².